The van der Waals surface area contributed by atoms with Gasteiger partial charge in [-0.05, 0) is 37.1 Å². The average Bonchev–Trinajstić information content (AvgIpc) is 3.59. The number of nitrogens with one attached hydrogen (secondary N) is 2. The number of halogens is 1. The van der Waals surface area contributed by atoms with Crippen LogP contribution in [0, 0.1) is 0 Å². The Morgan fingerprint density at radius 3 is 2.67 bits per heavy atom. The first kappa shape index (κ1) is 22.6. The van der Waals surface area contributed by atoms with Gasteiger partial charge in [0.1, 0.15) is 23.7 Å². The minimum atomic E-state index is -1.10. The standard InChI is InChI=1S/C23H22ClN3O6/c1-31-8-9-32-20-12-19-13(10-16(20)22(28)29)2-7-21(26-19)33-15-5-6-18(17(24)11-15)27-23(30)25-14-3-4-14/h2,5-7,10-12,14H,3-4,8-9H2,1H3,(H,28,29)(H2,25,27,30). The Bertz CT molecular complexity index is 1200. The molecule has 1 aliphatic rings. The molecular formula is C23H22ClN3O6. The molecule has 10 heteroatoms. The molecule has 1 saturated carbocycles. The number of methoxy groups -OCH3 is 1. The number of amides is 2. The number of hydrogen-bond donors (Lipinski definition) is 3. The van der Waals surface area contributed by atoms with Crippen molar-refractivity contribution in [2.45, 2.75) is 18.9 Å². The van der Waals surface area contributed by atoms with Crippen molar-refractivity contribution >= 4 is 40.2 Å². The number of carboxylic acid groups (broad SMARTS) is 1. The van der Waals surface area contributed by atoms with Crippen molar-refractivity contribution in [1.82, 2.24) is 10.3 Å². The number of nitrogens with zero attached hydrogens (tertiary/aromatic N) is 1. The third-order valence-corrected chi connectivity index (χ3v) is 5.18. The third kappa shape index (κ3) is 5.82. The largest absolute Gasteiger partial charge is 0.490 e. The first-order valence-corrected chi connectivity index (χ1v) is 10.7. The van der Waals surface area contributed by atoms with Crippen molar-refractivity contribution in [3.63, 3.8) is 0 Å². The predicted octanol–water partition coefficient (Wildman–Crippen LogP) is 4.69. The van der Waals surface area contributed by atoms with E-state index in [4.69, 9.17) is 25.8 Å². The van der Waals surface area contributed by atoms with Gasteiger partial charge in [-0.3, -0.25) is 0 Å². The van der Waals surface area contributed by atoms with E-state index in [0.717, 1.165) is 12.8 Å². The normalized spacial score (nSPS) is 12.9. The number of anilines is 1. The number of pyridine rings is 1. The summed E-state index contributed by atoms with van der Waals surface area (Å²) in [6.07, 6.45) is 1.98. The number of fused-ring (bicyclic) bond motifs is 1. The maximum absolute atomic E-state index is 11.9. The summed E-state index contributed by atoms with van der Waals surface area (Å²) < 4.78 is 16.3. The number of benzene rings is 2. The molecule has 0 unspecified atom stereocenters. The average molecular weight is 472 g/mol. The summed E-state index contributed by atoms with van der Waals surface area (Å²) in [7, 11) is 1.53. The molecule has 0 aliphatic heterocycles. The molecule has 0 spiro atoms. The second-order valence-corrected chi connectivity index (χ2v) is 7.86. The van der Waals surface area contributed by atoms with Crippen molar-refractivity contribution in [2.75, 3.05) is 25.6 Å². The van der Waals surface area contributed by atoms with Crippen molar-refractivity contribution < 1.29 is 28.9 Å². The van der Waals surface area contributed by atoms with Gasteiger partial charge in [-0.25, -0.2) is 14.6 Å². The van der Waals surface area contributed by atoms with Crippen LogP contribution in [0.4, 0.5) is 10.5 Å². The molecule has 0 radical (unpaired) electrons. The molecule has 4 rings (SSSR count). The third-order valence-electron chi connectivity index (χ3n) is 4.86. The van der Waals surface area contributed by atoms with Crippen LogP contribution in [0.25, 0.3) is 10.9 Å². The first-order valence-electron chi connectivity index (χ1n) is 10.3. The van der Waals surface area contributed by atoms with E-state index in [9.17, 15) is 14.7 Å². The smallest absolute Gasteiger partial charge is 0.339 e. The van der Waals surface area contributed by atoms with Gasteiger partial charge < -0.3 is 30.0 Å². The van der Waals surface area contributed by atoms with E-state index in [1.54, 1.807) is 36.4 Å². The highest BCUT2D eigenvalue weighted by atomic mass is 35.5. The lowest BCUT2D eigenvalue weighted by Gasteiger charge is -2.12. The Kier molecular flexibility index (Phi) is 6.81. The minimum Gasteiger partial charge on any atom is -0.490 e. The van der Waals surface area contributed by atoms with Gasteiger partial charge in [0, 0.05) is 36.7 Å². The summed E-state index contributed by atoms with van der Waals surface area (Å²) in [5, 5.41) is 16.0. The second kappa shape index (κ2) is 9.93. The summed E-state index contributed by atoms with van der Waals surface area (Å²) in [6.45, 7) is 0.525. The van der Waals surface area contributed by atoms with Crippen molar-refractivity contribution in [2.24, 2.45) is 0 Å². The Labute approximate surface area is 194 Å². The molecular weight excluding hydrogens is 450 g/mol. The molecule has 3 aromatic rings. The van der Waals surface area contributed by atoms with Crippen LogP contribution in [0.5, 0.6) is 17.4 Å². The summed E-state index contributed by atoms with van der Waals surface area (Å²) >= 11 is 6.29. The van der Waals surface area contributed by atoms with Gasteiger partial charge in [-0.1, -0.05) is 11.6 Å². The Hall–Kier alpha value is -3.56. The second-order valence-electron chi connectivity index (χ2n) is 7.45. The molecule has 172 valence electrons. The molecule has 2 amide bonds. The Balaban J connectivity index is 1.51. The van der Waals surface area contributed by atoms with Crippen LogP contribution in [0.15, 0.2) is 42.5 Å². The summed E-state index contributed by atoms with van der Waals surface area (Å²) in [5.41, 5.74) is 1.01. The molecule has 1 aromatic heterocycles. The van der Waals surface area contributed by atoms with Gasteiger partial charge >= 0.3 is 12.0 Å². The van der Waals surface area contributed by atoms with Gasteiger partial charge in [0.25, 0.3) is 0 Å². The summed E-state index contributed by atoms with van der Waals surface area (Å²) in [6, 6.07) is 11.2. The zero-order chi connectivity index (χ0) is 23.4. The number of rotatable bonds is 9. The van der Waals surface area contributed by atoms with Crippen LogP contribution < -0.4 is 20.1 Å². The Morgan fingerprint density at radius 1 is 1.15 bits per heavy atom. The summed E-state index contributed by atoms with van der Waals surface area (Å²) in [4.78, 5) is 28.0. The fourth-order valence-electron chi connectivity index (χ4n) is 3.06. The SMILES string of the molecule is COCCOc1cc2nc(Oc3ccc(NC(=O)NC4CC4)c(Cl)c3)ccc2cc1C(=O)O. The lowest BCUT2D eigenvalue weighted by Crippen LogP contribution is -2.30. The number of carboxylic acids is 1. The number of aromatic nitrogens is 1. The first-order chi connectivity index (χ1) is 15.9. The predicted molar refractivity (Wildman–Crippen MR) is 123 cm³/mol. The quantitative estimate of drug-likeness (QED) is 0.387. The maximum atomic E-state index is 11.9. The minimum absolute atomic E-state index is 0.0367. The fraction of sp³-hybridized carbons (Fsp3) is 0.261. The molecule has 1 aliphatic carbocycles. The van der Waals surface area contributed by atoms with Crippen LogP contribution in [0.3, 0.4) is 0 Å². The van der Waals surface area contributed by atoms with E-state index >= 15 is 0 Å². The number of ether oxygens (including phenoxy) is 3. The monoisotopic (exact) mass is 471 g/mol. The lowest BCUT2D eigenvalue weighted by atomic mass is 10.1. The fourth-order valence-corrected chi connectivity index (χ4v) is 3.28. The van der Waals surface area contributed by atoms with Gasteiger partial charge in [-0.15, -0.1) is 0 Å². The number of urea groups is 1. The van der Waals surface area contributed by atoms with E-state index in [-0.39, 0.29) is 35.9 Å². The van der Waals surface area contributed by atoms with Gasteiger partial charge in [0.05, 0.1) is 22.8 Å². The number of carbonyl (C=O) groups excluding carboxylic acids is 1. The van der Waals surface area contributed by atoms with E-state index < -0.39 is 5.97 Å². The van der Waals surface area contributed by atoms with Crippen LogP contribution in [-0.2, 0) is 4.74 Å². The van der Waals surface area contributed by atoms with E-state index in [2.05, 4.69) is 15.6 Å². The molecule has 33 heavy (non-hydrogen) atoms. The summed E-state index contributed by atoms with van der Waals surface area (Å²) in [5.74, 6) is -0.186. The highest BCUT2D eigenvalue weighted by molar-refractivity contribution is 6.33. The van der Waals surface area contributed by atoms with Crippen LogP contribution >= 0.6 is 11.6 Å². The molecule has 1 fully saturated rings. The van der Waals surface area contributed by atoms with Crippen molar-refractivity contribution in [3.8, 4) is 17.4 Å². The highest BCUT2D eigenvalue weighted by Crippen LogP contribution is 2.31. The van der Waals surface area contributed by atoms with E-state index in [1.807, 2.05) is 0 Å². The van der Waals surface area contributed by atoms with Crippen molar-refractivity contribution in [1.29, 1.82) is 0 Å². The number of carbonyl (C=O) groups is 2. The van der Waals surface area contributed by atoms with Gasteiger partial charge in [-0.2, -0.15) is 0 Å². The number of hydrogen-bond acceptors (Lipinski definition) is 6. The van der Waals surface area contributed by atoms with Crippen LogP contribution in [-0.4, -0.2) is 48.5 Å². The van der Waals surface area contributed by atoms with Crippen molar-refractivity contribution in [3.05, 3.63) is 53.1 Å². The lowest BCUT2D eigenvalue weighted by molar-refractivity contribution is 0.0690. The van der Waals surface area contributed by atoms with Gasteiger partial charge in [0.2, 0.25) is 5.88 Å². The topological polar surface area (TPSA) is 119 Å². The molecule has 0 atom stereocenters. The molecule has 1 heterocycles. The maximum Gasteiger partial charge on any atom is 0.339 e. The van der Waals surface area contributed by atoms with Crippen LogP contribution in [0.1, 0.15) is 23.2 Å². The molecule has 2 aromatic carbocycles. The molecule has 0 bridgehead atoms. The van der Waals surface area contributed by atoms with E-state index in [1.165, 1.54) is 13.2 Å². The van der Waals surface area contributed by atoms with Gasteiger partial charge in [0.15, 0.2) is 0 Å². The zero-order valence-electron chi connectivity index (χ0n) is 17.8. The molecule has 9 nitrogen and oxygen atoms in total. The molecule has 3 N–H and O–H groups in total. The molecule has 0 saturated heterocycles. The zero-order valence-corrected chi connectivity index (χ0v) is 18.5. The highest BCUT2D eigenvalue weighted by Gasteiger charge is 2.23. The van der Waals surface area contributed by atoms with E-state index in [0.29, 0.717) is 34.0 Å². The number of aromatic carboxylic acids is 1. The Morgan fingerprint density at radius 2 is 1.97 bits per heavy atom. The van der Waals surface area contributed by atoms with Crippen LogP contribution in [0.2, 0.25) is 5.02 Å².